The Hall–Kier alpha value is -2.30. The van der Waals surface area contributed by atoms with Crippen LogP contribution in [0.3, 0.4) is 0 Å². The number of nitrogens with one attached hydrogen (secondary N) is 1. The summed E-state index contributed by atoms with van der Waals surface area (Å²) in [5.74, 6) is 0.709. The molecular weight excluding hydrogens is 242 g/mol. The number of amides is 1. The summed E-state index contributed by atoms with van der Waals surface area (Å²) in [6.07, 6.45) is 5.37. The molecule has 0 aromatic carbocycles. The van der Waals surface area contributed by atoms with Crippen LogP contribution < -0.4 is 14.8 Å². The Labute approximate surface area is 112 Å². The molecule has 0 bridgehead atoms. The second-order valence-corrected chi connectivity index (χ2v) is 4.48. The predicted octanol–water partition coefficient (Wildman–Crippen LogP) is 0.949. The molecule has 19 heavy (non-hydrogen) atoms. The molecule has 0 saturated heterocycles. The van der Waals surface area contributed by atoms with Crippen molar-refractivity contribution in [1.29, 1.82) is 0 Å². The van der Waals surface area contributed by atoms with E-state index in [0.717, 1.165) is 11.4 Å². The largest absolute Gasteiger partial charge is 0.467 e. The number of carbonyl (C=O) groups excluding carboxylic acids is 1. The van der Waals surface area contributed by atoms with Crippen LogP contribution >= 0.6 is 0 Å². The Morgan fingerprint density at radius 1 is 1.32 bits per heavy atom. The first-order valence-electron chi connectivity index (χ1n) is 6.10. The lowest BCUT2D eigenvalue weighted by Gasteiger charge is -2.10. The summed E-state index contributed by atoms with van der Waals surface area (Å²) in [5.41, 5.74) is 1.10. The molecule has 2 aromatic heterocycles. The molecule has 0 fully saturated rings. The van der Waals surface area contributed by atoms with E-state index in [0.29, 0.717) is 13.1 Å². The van der Waals surface area contributed by atoms with Crippen molar-refractivity contribution in [2.24, 2.45) is 0 Å². The maximum absolute atomic E-state index is 11.7. The summed E-state index contributed by atoms with van der Waals surface area (Å²) < 4.78 is 6.99. The topological polar surface area (TPSA) is 49.4 Å². The number of pyridine rings is 1. The summed E-state index contributed by atoms with van der Waals surface area (Å²) in [6.45, 7) is 0.719. The van der Waals surface area contributed by atoms with Gasteiger partial charge in [-0.3, -0.25) is 4.79 Å². The molecule has 0 aliphatic heterocycles. The highest BCUT2D eigenvalue weighted by molar-refractivity contribution is 5.74. The average Bonchev–Trinajstić information content (AvgIpc) is 2.90. The summed E-state index contributed by atoms with van der Waals surface area (Å²) >= 11 is 0. The van der Waals surface area contributed by atoms with Gasteiger partial charge in [-0.05, 0) is 12.1 Å². The molecule has 100 valence electrons. The maximum Gasteiger partial charge on any atom is 0.286 e. The van der Waals surface area contributed by atoms with Crippen LogP contribution in [-0.2, 0) is 17.9 Å². The van der Waals surface area contributed by atoms with Gasteiger partial charge in [-0.15, -0.1) is 0 Å². The zero-order chi connectivity index (χ0) is 13.7. The van der Waals surface area contributed by atoms with Crippen LogP contribution in [0.4, 0.5) is 5.69 Å². The smallest absolute Gasteiger partial charge is 0.286 e. The fourth-order valence-corrected chi connectivity index (χ4v) is 1.67. The first-order chi connectivity index (χ1) is 9.15. The molecule has 1 amide bonds. The van der Waals surface area contributed by atoms with E-state index in [2.05, 4.69) is 5.32 Å². The summed E-state index contributed by atoms with van der Waals surface area (Å²) in [7, 11) is 3.96. The monoisotopic (exact) mass is 260 g/mol. The normalized spacial score (nSPS) is 10.2. The molecule has 5 heteroatoms. The molecular formula is C14H18N3O2+. The molecule has 0 aliphatic carbocycles. The number of anilines is 1. The quantitative estimate of drug-likeness (QED) is 0.814. The van der Waals surface area contributed by atoms with E-state index >= 15 is 0 Å². The van der Waals surface area contributed by atoms with Gasteiger partial charge in [-0.1, -0.05) is 0 Å². The van der Waals surface area contributed by atoms with Crippen molar-refractivity contribution >= 4 is 11.6 Å². The Bertz CT molecular complexity index is 518. The molecule has 5 nitrogen and oxygen atoms in total. The molecule has 0 saturated carbocycles. The van der Waals surface area contributed by atoms with E-state index < -0.39 is 0 Å². The lowest BCUT2D eigenvalue weighted by Crippen LogP contribution is -2.42. The van der Waals surface area contributed by atoms with Crippen molar-refractivity contribution in [2.45, 2.75) is 13.1 Å². The van der Waals surface area contributed by atoms with Crippen molar-refractivity contribution in [1.82, 2.24) is 5.32 Å². The third kappa shape index (κ3) is 3.84. The van der Waals surface area contributed by atoms with Crippen LogP contribution in [0.5, 0.6) is 0 Å². The van der Waals surface area contributed by atoms with E-state index in [1.54, 1.807) is 12.3 Å². The first kappa shape index (κ1) is 13.1. The van der Waals surface area contributed by atoms with Crippen LogP contribution in [0.1, 0.15) is 5.76 Å². The van der Waals surface area contributed by atoms with Gasteiger partial charge in [0, 0.05) is 31.9 Å². The molecule has 2 aromatic rings. The number of hydrogen-bond acceptors (Lipinski definition) is 3. The molecule has 0 atom stereocenters. The minimum Gasteiger partial charge on any atom is -0.467 e. The van der Waals surface area contributed by atoms with Gasteiger partial charge in [0.05, 0.1) is 12.8 Å². The van der Waals surface area contributed by atoms with E-state index in [1.807, 2.05) is 54.2 Å². The van der Waals surface area contributed by atoms with Gasteiger partial charge in [-0.25, -0.2) is 0 Å². The second kappa shape index (κ2) is 6.04. The molecule has 0 aliphatic rings. The van der Waals surface area contributed by atoms with Crippen molar-refractivity contribution in [3.8, 4) is 0 Å². The number of hydrogen-bond donors (Lipinski definition) is 1. The fourth-order valence-electron chi connectivity index (χ4n) is 1.67. The van der Waals surface area contributed by atoms with Gasteiger partial charge >= 0.3 is 0 Å². The zero-order valence-corrected chi connectivity index (χ0v) is 11.2. The maximum atomic E-state index is 11.7. The summed E-state index contributed by atoms with van der Waals surface area (Å²) in [4.78, 5) is 13.8. The zero-order valence-electron chi connectivity index (χ0n) is 11.2. The van der Waals surface area contributed by atoms with Gasteiger partial charge in [0.15, 0.2) is 12.4 Å². The van der Waals surface area contributed by atoms with Crippen molar-refractivity contribution < 1.29 is 13.8 Å². The third-order valence-corrected chi connectivity index (χ3v) is 2.76. The number of furan rings is 1. The molecule has 0 spiro atoms. The Morgan fingerprint density at radius 3 is 2.63 bits per heavy atom. The predicted molar refractivity (Wildman–Crippen MR) is 71.5 cm³/mol. The van der Waals surface area contributed by atoms with Crippen molar-refractivity contribution in [3.05, 3.63) is 48.7 Å². The SMILES string of the molecule is CN(C)c1cc[n+](CC(=O)NCc2ccco2)cc1. The van der Waals surface area contributed by atoms with Crippen molar-refractivity contribution in [2.75, 3.05) is 19.0 Å². The molecule has 0 radical (unpaired) electrons. The lowest BCUT2D eigenvalue weighted by molar-refractivity contribution is -0.684. The number of carbonyl (C=O) groups is 1. The summed E-state index contributed by atoms with van der Waals surface area (Å²) in [6, 6.07) is 7.58. The number of rotatable bonds is 5. The van der Waals surface area contributed by atoms with Gasteiger partial charge in [0.2, 0.25) is 6.54 Å². The van der Waals surface area contributed by atoms with Crippen LogP contribution in [0.25, 0.3) is 0 Å². The lowest BCUT2D eigenvalue weighted by atomic mass is 10.3. The average molecular weight is 260 g/mol. The van der Waals surface area contributed by atoms with Crippen LogP contribution in [0, 0.1) is 0 Å². The van der Waals surface area contributed by atoms with Gasteiger partial charge in [-0.2, -0.15) is 4.57 Å². The Balaban J connectivity index is 1.84. The number of nitrogens with zero attached hydrogens (tertiary/aromatic N) is 2. The standard InChI is InChI=1S/C14H17N3O2/c1-16(2)12-5-7-17(8-6-12)11-14(18)15-10-13-4-3-9-19-13/h3-9H,10-11H2,1-2H3/p+1. The Morgan fingerprint density at radius 2 is 2.05 bits per heavy atom. The highest BCUT2D eigenvalue weighted by Gasteiger charge is 2.09. The minimum atomic E-state index is -0.0426. The van der Waals surface area contributed by atoms with Crippen molar-refractivity contribution in [3.63, 3.8) is 0 Å². The third-order valence-electron chi connectivity index (χ3n) is 2.76. The Kier molecular flexibility index (Phi) is 4.18. The number of aromatic nitrogens is 1. The summed E-state index contributed by atoms with van der Waals surface area (Å²) in [5, 5.41) is 2.81. The van der Waals surface area contributed by atoms with Crippen LogP contribution in [-0.4, -0.2) is 20.0 Å². The molecule has 2 rings (SSSR count). The molecule has 2 heterocycles. The van der Waals surface area contributed by atoms with E-state index in [4.69, 9.17) is 4.42 Å². The highest BCUT2D eigenvalue weighted by Crippen LogP contribution is 2.05. The van der Waals surface area contributed by atoms with E-state index in [9.17, 15) is 4.79 Å². The van der Waals surface area contributed by atoms with Gasteiger partial charge in [0.1, 0.15) is 5.76 Å². The van der Waals surface area contributed by atoms with E-state index in [-0.39, 0.29) is 5.91 Å². The van der Waals surface area contributed by atoms with E-state index in [1.165, 1.54) is 0 Å². The minimum absolute atomic E-state index is 0.0426. The van der Waals surface area contributed by atoms with Crippen LogP contribution in [0.15, 0.2) is 47.3 Å². The van der Waals surface area contributed by atoms with Crippen LogP contribution in [0.2, 0.25) is 0 Å². The fraction of sp³-hybridized carbons (Fsp3) is 0.286. The van der Waals surface area contributed by atoms with Gasteiger partial charge < -0.3 is 14.6 Å². The molecule has 0 unspecified atom stereocenters. The highest BCUT2D eigenvalue weighted by atomic mass is 16.3. The molecule has 1 N–H and O–H groups in total. The first-order valence-corrected chi connectivity index (χ1v) is 6.10. The van der Waals surface area contributed by atoms with Gasteiger partial charge in [0.25, 0.3) is 5.91 Å². The second-order valence-electron chi connectivity index (χ2n) is 4.48.